The van der Waals surface area contributed by atoms with E-state index in [0.717, 1.165) is 15.4 Å². The van der Waals surface area contributed by atoms with Crippen LogP contribution in [0.4, 0.5) is 0 Å². The number of rotatable bonds is 8. The maximum atomic E-state index is 13.3. The van der Waals surface area contributed by atoms with Crippen LogP contribution < -0.4 is 9.47 Å². The second kappa shape index (κ2) is 9.73. The van der Waals surface area contributed by atoms with Crippen LogP contribution in [0.2, 0.25) is 0 Å². The predicted molar refractivity (Wildman–Crippen MR) is 116 cm³/mol. The number of carbonyl (C=O) groups is 2. The van der Waals surface area contributed by atoms with E-state index >= 15 is 0 Å². The molecule has 0 aliphatic heterocycles. The third-order valence-corrected chi connectivity index (χ3v) is 6.53. The summed E-state index contributed by atoms with van der Waals surface area (Å²) in [5.74, 6) is 0.423. The molecule has 0 N–H and O–H groups in total. The number of nitrogens with zero attached hydrogens (tertiary/aromatic N) is 2. The van der Waals surface area contributed by atoms with Gasteiger partial charge in [-0.25, -0.2) is 4.98 Å². The van der Waals surface area contributed by atoms with Crippen molar-refractivity contribution in [1.82, 2.24) is 9.88 Å². The van der Waals surface area contributed by atoms with Gasteiger partial charge in [0.15, 0.2) is 0 Å². The Balaban J connectivity index is 1.92. The number of aromatic nitrogens is 1. The summed E-state index contributed by atoms with van der Waals surface area (Å²) in [6.07, 6.45) is 0. The highest BCUT2D eigenvalue weighted by Crippen LogP contribution is 2.32. The van der Waals surface area contributed by atoms with E-state index in [1.807, 2.05) is 17.5 Å². The Hall–Kier alpha value is -2.91. The Morgan fingerprint density at radius 3 is 2.37 bits per heavy atom. The second-order valence-corrected chi connectivity index (χ2v) is 8.32. The van der Waals surface area contributed by atoms with E-state index in [4.69, 9.17) is 14.2 Å². The fourth-order valence-corrected chi connectivity index (χ4v) is 4.67. The zero-order valence-corrected chi connectivity index (χ0v) is 18.8. The largest absolute Gasteiger partial charge is 0.497 e. The number of hydrogen-bond donors (Lipinski definition) is 0. The van der Waals surface area contributed by atoms with Gasteiger partial charge in [-0.3, -0.25) is 9.59 Å². The molecule has 0 unspecified atom stereocenters. The maximum absolute atomic E-state index is 13.3. The SMILES string of the molecule is COC(=O)CN(Cc1cc(OC)cc(OC)c1)C(=O)c1sc(-c2cccs2)nc1C. The summed E-state index contributed by atoms with van der Waals surface area (Å²) in [6, 6.07) is 9.26. The van der Waals surface area contributed by atoms with Gasteiger partial charge < -0.3 is 19.1 Å². The van der Waals surface area contributed by atoms with Crippen molar-refractivity contribution in [2.75, 3.05) is 27.9 Å². The van der Waals surface area contributed by atoms with Gasteiger partial charge in [-0.15, -0.1) is 22.7 Å². The summed E-state index contributed by atoms with van der Waals surface area (Å²) in [4.78, 5) is 32.8. The van der Waals surface area contributed by atoms with Crippen LogP contribution in [0.15, 0.2) is 35.7 Å². The number of hydrogen-bond acceptors (Lipinski definition) is 8. The van der Waals surface area contributed by atoms with Crippen LogP contribution in [0.1, 0.15) is 20.9 Å². The summed E-state index contributed by atoms with van der Waals surface area (Å²) < 4.78 is 15.4. The van der Waals surface area contributed by atoms with Crippen molar-refractivity contribution in [3.8, 4) is 21.4 Å². The first kappa shape index (κ1) is 21.8. The molecule has 158 valence electrons. The minimum Gasteiger partial charge on any atom is -0.497 e. The highest BCUT2D eigenvalue weighted by molar-refractivity contribution is 7.22. The van der Waals surface area contributed by atoms with E-state index in [-0.39, 0.29) is 19.0 Å². The Labute approximate surface area is 182 Å². The van der Waals surface area contributed by atoms with E-state index in [1.165, 1.54) is 23.3 Å². The molecule has 0 aliphatic rings. The van der Waals surface area contributed by atoms with Crippen molar-refractivity contribution in [1.29, 1.82) is 0 Å². The molecule has 0 saturated carbocycles. The quantitative estimate of drug-likeness (QED) is 0.487. The minimum absolute atomic E-state index is 0.180. The molecule has 2 heterocycles. The lowest BCUT2D eigenvalue weighted by Crippen LogP contribution is -2.35. The van der Waals surface area contributed by atoms with Gasteiger partial charge >= 0.3 is 5.97 Å². The molecule has 2 aromatic heterocycles. The molecule has 0 fully saturated rings. The van der Waals surface area contributed by atoms with Crippen molar-refractivity contribution in [3.05, 3.63) is 51.8 Å². The number of thiophene rings is 1. The zero-order valence-electron chi connectivity index (χ0n) is 17.1. The average molecular weight is 447 g/mol. The first-order chi connectivity index (χ1) is 14.4. The van der Waals surface area contributed by atoms with Crippen LogP contribution in [0.25, 0.3) is 9.88 Å². The molecule has 0 saturated heterocycles. The van der Waals surface area contributed by atoms with Gasteiger partial charge in [-0.05, 0) is 36.1 Å². The van der Waals surface area contributed by atoms with Gasteiger partial charge in [-0.1, -0.05) is 6.07 Å². The fraction of sp³-hybridized carbons (Fsp3) is 0.286. The number of benzene rings is 1. The molecule has 30 heavy (non-hydrogen) atoms. The molecule has 1 aromatic carbocycles. The lowest BCUT2D eigenvalue weighted by Gasteiger charge is -2.22. The van der Waals surface area contributed by atoms with E-state index in [2.05, 4.69) is 4.98 Å². The van der Waals surface area contributed by atoms with Gasteiger partial charge in [0.25, 0.3) is 5.91 Å². The van der Waals surface area contributed by atoms with Gasteiger partial charge in [0, 0.05) is 12.6 Å². The van der Waals surface area contributed by atoms with E-state index < -0.39 is 5.97 Å². The van der Waals surface area contributed by atoms with Gasteiger partial charge in [-0.2, -0.15) is 0 Å². The van der Waals surface area contributed by atoms with Gasteiger partial charge in [0.1, 0.15) is 27.9 Å². The topological polar surface area (TPSA) is 78.0 Å². The highest BCUT2D eigenvalue weighted by atomic mass is 32.1. The Kier molecular flexibility index (Phi) is 7.07. The molecule has 0 radical (unpaired) electrons. The molecule has 0 bridgehead atoms. The molecule has 3 rings (SSSR count). The fourth-order valence-electron chi connectivity index (χ4n) is 2.84. The normalized spacial score (nSPS) is 10.5. The summed E-state index contributed by atoms with van der Waals surface area (Å²) in [6.45, 7) is 1.80. The number of amides is 1. The Morgan fingerprint density at radius 1 is 1.10 bits per heavy atom. The monoisotopic (exact) mass is 446 g/mol. The van der Waals surface area contributed by atoms with Crippen molar-refractivity contribution in [2.24, 2.45) is 0 Å². The number of thiazole rings is 1. The number of ether oxygens (including phenoxy) is 3. The second-order valence-electron chi connectivity index (χ2n) is 6.37. The predicted octanol–water partition coefficient (Wildman–Crippen LogP) is 4.01. The first-order valence-corrected chi connectivity index (χ1v) is 10.7. The Bertz CT molecular complexity index is 1010. The third kappa shape index (κ3) is 4.98. The van der Waals surface area contributed by atoms with E-state index in [0.29, 0.717) is 22.1 Å². The molecule has 0 aliphatic carbocycles. The third-order valence-electron chi connectivity index (χ3n) is 4.34. The summed E-state index contributed by atoms with van der Waals surface area (Å²) in [7, 11) is 4.41. The van der Waals surface area contributed by atoms with Crippen LogP contribution in [0.3, 0.4) is 0 Å². The number of aryl methyl sites for hydroxylation is 1. The molecular formula is C21H22N2O5S2. The number of carbonyl (C=O) groups excluding carboxylic acids is 2. The van der Waals surface area contributed by atoms with Crippen molar-refractivity contribution < 1.29 is 23.8 Å². The molecule has 9 heteroatoms. The molecule has 1 amide bonds. The maximum Gasteiger partial charge on any atom is 0.325 e. The standard InChI is InChI=1S/C21H22N2O5S2/c1-13-19(30-20(22-13)17-6-5-7-29-17)21(25)23(12-18(24)28-4)11-14-8-15(26-2)10-16(9-14)27-3/h5-10H,11-12H2,1-4H3. The molecule has 0 atom stereocenters. The number of methoxy groups -OCH3 is 3. The van der Waals surface area contributed by atoms with E-state index in [9.17, 15) is 9.59 Å². The zero-order chi connectivity index (χ0) is 21.7. The summed E-state index contributed by atoms with van der Waals surface area (Å²) in [5.41, 5.74) is 1.40. The van der Waals surface area contributed by atoms with Crippen molar-refractivity contribution >= 4 is 34.6 Å². The van der Waals surface area contributed by atoms with Gasteiger partial charge in [0.2, 0.25) is 0 Å². The average Bonchev–Trinajstić information content (AvgIpc) is 3.42. The van der Waals surface area contributed by atoms with Crippen LogP contribution in [-0.4, -0.2) is 49.6 Å². The summed E-state index contributed by atoms with van der Waals surface area (Å²) >= 11 is 2.89. The van der Waals surface area contributed by atoms with Crippen LogP contribution in [0.5, 0.6) is 11.5 Å². The minimum atomic E-state index is -0.501. The smallest absolute Gasteiger partial charge is 0.325 e. The van der Waals surface area contributed by atoms with Crippen LogP contribution in [0, 0.1) is 6.92 Å². The molecular weight excluding hydrogens is 424 g/mol. The number of esters is 1. The highest BCUT2D eigenvalue weighted by Gasteiger charge is 2.25. The van der Waals surface area contributed by atoms with Crippen molar-refractivity contribution in [3.63, 3.8) is 0 Å². The molecule has 7 nitrogen and oxygen atoms in total. The van der Waals surface area contributed by atoms with Crippen LogP contribution in [-0.2, 0) is 16.1 Å². The van der Waals surface area contributed by atoms with Crippen LogP contribution >= 0.6 is 22.7 Å². The van der Waals surface area contributed by atoms with Crippen molar-refractivity contribution in [2.45, 2.75) is 13.5 Å². The Morgan fingerprint density at radius 2 is 1.80 bits per heavy atom. The first-order valence-electron chi connectivity index (χ1n) is 9.04. The summed E-state index contributed by atoms with van der Waals surface area (Å²) in [5, 5.41) is 2.75. The lowest BCUT2D eigenvalue weighted by atomic mass is 10.1. The van der Waals surface area contributed by atoms with Gasteiger partial charge in [0.05, 0.1) is 31.9 Å². The lowest BCUT2D eigenvalue weighted by molar-refractivity contribution is -0.141. The van der Waals surface area contributed by atoms with E-state index in [1.54, 1.807) is 50.7 Å². The molecule has 3 aromatic rings. The molecule has 0 spiro atoms.